The molecular weight excluding hydrogens is 364 g/mol. The minimum atomic E-state index is -0.821. The molecule has 0 atom stereocenters. The topological polar surface area (TPSA) is 109 Å². The number of nitrogens with one attached hydrogen (secondary N) is 2. The lowest BCUT2D eigenvalue weighted by Crippen LogP contribution is -2.42. The Balaban J connectivity index is 1.74. The second-order valence-electron chi connectivity index (χ2n) is 6.65. The first-order valence-electron chi connectivity index (χ1n) is 9.15. The van der Waals surface area contributed by atoms with Gasteiger partial charge < -0.3 is 19.7 Å². The standard InChI is InChI=1S/C19H26N4O5/c1-14(2)11-20-18(25)19(26)22-21-12-15-3-5-16(6-4-15)28-13-17(24)23-7-9-27-10-8-23/h3-6,12,14H,7-11,13H2,1-2H3,(H,20,25)(H,22,26)/b21-12-. The minimum absolute atomic E-state index is 0.0328. The van der Waals surface area contributed by atoms with Gasteiger partial charge in [-0.3, -0.25) is 14.4 Å². The van der Waals surface area contributed by atoms with E-state index in [1.807, 2.05) is 13.8 Å². The van der Waals surface area contributed by atoms with Crippen LogP contribution in [0.4, 0.5) is 0 Å². The van der Waals surface area contributed by atoms with Gasteiger partial charge in [0.25, 0.3) is 5.91 Å². The Morgan fingerprint density at radius 2 is 1.86 bits per heavy atom. The van der Waals surface area contributed by atoms with Gasteiger partial charge in [-0.15, -0.1) is 0 Å². The fourth-order valence-electron chi connectivity index (χ4n) is 2.29. The Kier molecular flexibility index (Phi) is 8.41. The Morgan fingerprint density at radius 1 is 1.18 bits per heavy atom. The van der Waals surface area contributed by atoms with Crippen LogP contribution in [0.25, 0.3) is 0 Å². The van der Waals surface area contributed by atoms with Crippen molar-refractivity contribution in [3.8, 4) is 5.75 Å². The maximum absolute atomic E-state index is 12.0. The maximum atomic E-state index is 12.0. The summed E-state index contributed by atoms with van der Waals surface area (Å²) in [6, 6.07) is 6.85. The van der Waals surface area contributed by atoms with Crippen LogP contribution in [0.5, 0.6) is 5.75 Å². The van der Waals surface area contributed by atoms with E-state index in [0.717, 1.165) is 0 Å². The molecule has 0 aromatic heterocycles. The highest BCUT2D eigenvalue weighted by Crippen LogP contribution is 2.11. The van der Waals surface area contributed by atoms with E-state index in [2.05, 4.69) is 15.8 Å². The Labute approximate surface area is 164 Å². The molecule has 2 N–H and O–H groups in total. The molecule has 1 aromatic carbocycles. The molecular formula is C19H26N4O5. The van der Waals surface area contributed by atoms with Crippen molar-refractivity contribution in [2.45, 2.75) is 13.8 Å². The molecule has 3 amide bonds. The number of hydrogen-bond donors (Lipinski definition) is 2. The van der Waals surface area contributed by atoms with E-state index < -0.39 is 11.8 Å². The van der Waals surface area contributed by atoms with E-state index >= 15 is 0 Å². The predicted octanol–water partition coefficient (Wildman–Crippen LogP) is 0.147. The smallest absolute Gasteiger partial charge is 0.329 e. The summed E-state index contributed by atoms with van der Waals surface area (Å²) in [4.78, 5) is 36.8. The van der Waals surface area contributed by atoms with Gasteiger partial charge in [-0.05, 0) is 35.7 Å². The molecule has 0 aliphatic carbocycles. The van der Waals surface area contributed by atoms with Gasteiger partial charge in [0.05, 0.1) is 19.4 Å². The van der Waals surface area contributed by atoms with Gasteiger partial charge in [-0.2, -0.15) is 5.10 Å². The van der Waals surface area contributed by atoms with Crippen LogP contribution in [0.1, 0.15) is 19.4 Å². The Hall–Kier alpha value is -2.94. The molecule has 0 spiro atoms. The summed E-state index contributed by atoms with van der Waals surface area (Å²) in [5.74, 6) is -0.814. The average Bonchev–Trinajstić information content (AvgIpc) is 2.71. The highest BCUT2D eigenvalue weighted by atomic mass is 16.5. The summed E-state index contributed by atoms with van der Waals surface area (Å²) in [5.41, 5.74) is 2.88. The number of hydrazone groups is 1. The normalized spacial score (nSPS) is 14.2. The van der Waals surface area contributed by atoms with Gasteiger partial charge in [-0.25, -0.2) is 5.43 Å². The number of benzene rings is 1. The van der Waals surface area contributed by atoms with Gasteiger partial charge in [-0.1, -0.05) is 13.8 Å². The third kappa shape index (κ3) is 7.36. The quantitative estimate of drug-likeness (QED) is 0.391. The molecule has 9 nitrogen and oxygen atoms in total. The molecule has 0 radical (unpaired) electrons. The lowest BCUT2D eigenvalue weighted by Gasteiger charge is -2.26. The minimum Gasteiger partial charge on any atom is -0.484 e. The number of carbonyl (C=O) groups is 3. The fraction of sp³-hybridized carbons (Fsp3) is 0.474. The van der Waals surface area contributed by atoms with Crippen molar-refractivity contribution in [3.63, 3.8) is 0 Å². The molecule has 2 rings (SSSR count). The third-order valence-electron chi connectivity index (χ3n) is 3.86. The Morgan fingerprint density at radius 3 is 2.50 bits per heavy atom. The first-order chi connectivity index (χ1) is 13.5. The first-order valence-corrected chi connectivity index (χ1v) is 9.15. The molecule has 0 saturated carbocycles. The van der Waals surface area contributed by atoms with E-state index in [9.17, 15) is 14.4 Å². The average molecular weight is 390 g/mol. The van der Waals surface area contributed by atoms with Crippen LogP contribution >= 0.6 is 0 Å². The largest absolute Gasteiger partial charge is 0.484 e. The van der Waals surface area contributed by atoms with Gasteiger partial charge in [0, 0.05) is 19.6 Å². The predicted molar refractivity (Wildman–Crippen MR) is 103 cm³/mol. The highest BCUT2D eigenvalue weighted by Gasteiger charge is 2.17. The number of morpholine rings is 1. The molecule has 0 bridgehead atoms. The van der Waals surface area contributed by atoms with Crippen LogP contribution in [0.15, 0.2) is 29.4 Å². The lowest BCUT2D eigenvalue weighted by molar-refractivity contribution is -0.139. The van der Waals surface area contributed by atoms with Gasteiger partial charge in [0.1, 0.15) is 5.75 Å². The molecule has 152 valence electrons. The summed E-state index contributed by atoms with van der Waals surface area (Å²) in [6.07, 6.45) is 1.41. The van der Waals surface area contributed by atoms with Crippen molar-refractivity contribution >= 4 is 23.9 Å². The SMILES string of the molecule is CC(C)CNC(=O)C(=O)N/N=C\c1ccc(OCC(=O)N2CCOCC2)cc1. The molecule has 0 unspecified atom stereocenters. The maximum Gasteiger partial charge on any atom is 0.329 e. The van der Waals surface area contributed by atoms with Crippen molar-refractivity contribution < 1.29 is 23.9 Å². The van der Waals surface area contributed by atoms with Crippen LogP contribution in [0.3, 0.4) is 0 Å². The molecule has 1 aliphatic rings. The first kappa shape index (κ1) is 21.4. The van der Waals surface area contributed by atoms with Gasteiger partial charge in [0.2, 0.25) is 0 Å². The number of rotatable bonds is 7. The molecule has 1 saturated heterocycles. The molecule has 1 fully saturated rings. The van der Waals surface area contributed by atoms with Crippen LogP contribution in [0.2, 0.25) is 0 Å². The van der Waals surface area contributed by atoms with E-state index in [1.165, 1.54) is 6.21 Å². The van der Waals surface area contributed by atoms with Crippen LogP contribution < -0.4 is 15.5 Å². The zero-order valence-corrected chi connectivity index (χ0v) is 16.1. The third-order valence-corrected chi connectivity index (χ3v) is 3.86. The van der Waals surface area contributed by atoms with Gasteiger partial charge in [0.15, 0.2) is 6.61 Å². The molecule has 1 aliphatic heterocycles. The van der Waals surface area contributed by atoms with Crippen LogP contribution in [-0.2, 0) is 19.1 Å². The number of hydrogen-bond acceptors (Lipinski definition) is 6. The monoisotopic (exact) mass is 390 g/mol. The zero-order valence-electron chi connectivity index (χ0n) is 16.1. The number of ether oxygens (including phenoxy) is 2. The molecule has 1 aromatic rings. The Bertz CT molecular complexity index is 697. The molecule has 1 heterocycles. The number of nitrogens with zero attached hydrogens (tertiary/aromatic N) is 2. The zero-order chi connectivity index (χ0) is 20.4. The van der Waals surface area contributed by atoms with Gasteiger partial charge >= 0.3 is 11.8 Å². The van der Waals surface area contributed by atoms with Crippen molar-refractivity contribution in [2.75, 3.05) is 39.5 Å². The summed E-state index contributed by atoms with van der Waals surface area (Å²) in [5, 5.41) is 6.26. The second-order valence-corrected chi connectivity index (χ2v) is 6.65. The lowest BCUT2D eigenvalue weighted by atomic mass is 10.2. The highest BCUT2D eigenvalue weighted by molar-refractivity contribution is 6.35. The van der Waals surface area contributed by atoms with Crippen molar-refractivity contribution in [3.05, 3.63) is 29.8 Å². The van der Waals surface area contributed by atoms with Crippen molar-refractivity contribution in [1.82, 2.24) is 15.6 Å². The number of amides is 3. The van der Waals surface area contributed by atoms with Crippen molar-refractivity contribution in [2.24, 2.45) is 11.0 Å². The van der Waals surface area contributed by atoms with E-state index in [4.69, 9.17) is 9.47 Å². The van der Waals surface area contributed by atoms with Crippen molar-refractivity contribution in [1.29, 1.82) is 0 Å². The summed E-state index contributed by atoms with van der Waals surface area (Å²) >= 11 is 0. The van der Waals surface area contributed by atoms with E-state index in [0.29, 0.717) is 44.2 Å². The van der Waals surface area contributed by atoms with Crippen LogP contribution in [0, 0.1) is 5.92 Å². The fourth-order valence-corrected chi connectivity index (χ4v) is 2.29. The molecule has 9 heteroatoms. The van der Waals surface area contributed by atoms with E-state index in [1.54, 1.807) is 29.2 Å². The van der Waals surface area contributed by atoms with E-state index in [-0.39, 0.29) is 18.4 Å². The summed E-state index contributed by atoms with van der Waals surface area (Å²) < 4.78 is 10.7. The summed E-state index contributed by atoms with van der Waals surface area (Å²) in [7, 11) is 0. The second kappa shape index (κ2) is 11.0. The summed E-state index contributed by atoms with van der Waals surface area (Å²) in [6.45, 7) is 6.52. The molecule has 28 heavy (non-hydrogen) atoms. The number of carbonyl (C=O) groups excluding carboxylic acids is 3. The van der Waals surface area contributed by atoms with Crippen LogP contribution in [-0.4, -0.2) is 68.3 Å².